The first-order chi connectivity index (χ1) is 17.9. The number of piperidine rings is 1. The Morgan fingerprint density at radius 2 is 2.03 bits per heavy atom. The highest BCUT2D eigenvalue weighted by Gasteiger charge is 2.40. The molecule has 2 amide bonds. The van der Waals surface area contributed by atoms with E-state index in [2.05, 4.69) is 26.0 Å². The summed E-state index contributed by atoms with van der Waals surface area (Å²) in [7, 11) is 0. The van der Waals surface area contributed by atoms with Crippen LogP contribution in [0.5, 0.6) is 0 Å². The summed E-state index contributed by atoms with van der Waals surface area (Å²) in [4.78, 5) is 30.1. The van der Waals surface area contributed by atoms with E-state index in [1.807, 2.05) is 6.07 Å². The van der Waals surface area contributed by atoms with Crippen LogP contribution in [0.15, 0.2) is 23.1 Å². The lowest BCUT2D eigenvalue weighted by atomic mass is 9.81. The fourth-order valence-electron chi connectivity index (χ4n) is 5.53. The Hall–Kier alpha value is -3.44. The lowest BCUT2D eigenvalue weighted by molar-refractivity contribution is -0.126. The highest BCUT2D eigenvalue weighted by atomic mass is 19.3. The van der Waals surface area contributed by atoms with Gasteiger partial charge in [0.25, 0.3) is 5.91 Å². The number of carbonyl (C=O) groups excluding carboxylic acids is 2. The number of imidazole rings is 1. The molecule has 2 atom stereocenters. The third-order valence-corrected chi connectivity index (χ3v) is 7.81. The van der Waals surface area contributed by atoms with Crippen LogP contribution in [0.25, 0.3) is 5.65 Å². The first kappa shape index (κ1) is 23.9. The van der Waals surface area contributed by atoms with E-state index >= 15 is 0 Å². The smallest absolute Gasteiger partial charge is 0.276 e. The molecule has 3 aliphatic rings. The monoisotopic (exact) mass is 513 g/mol. The van der Waals surface area contributed by atoms with E-state index in [0.717, 1.165) is 31.2 Å². The van der Waals surface area contributed by atoms with E-state index in [4.69, 9.17) is 9.61 Å². The summed E-state index contributed by atoms with van der Waals surface area (Å²) in [5, 5.41) is 18.1. The van der Waals surface area contributed by atoms with Crippen molar-refractivity contribution in [3.63, 3.8) is 0 Å². The number of aromatic nitrogens is 5. The van der Waals surface area contributed by atoms with Crippen LogP contribution in [-0.2, 0) is 11.2 Å². The van der Waals surface area contributed by atoms with E-state index in [1.54, 1.807) is 16.9 Å². The first-order valence-corrected chi connectivity index (χ1v) is 13.0. The zero-order valence-corrected chi connectivity index (χ0v) is 20.3. The number of nitrogens with zero attached hydrogens (tertiary/aromatic N) is 5. The quantitative estimate of drug-likeness (QED) is 0.496. The Labute approximate surface area is 211 Å². The Kier molecular flexibility index (Phi) is 6.12. The van der Waals surface area contributed by atoms with Crippen molar-refractivity contribution in [1.29, 1.82) is 0 Å². The fraction of sp³-hybridized carbons (Fsp3) is 0.600. The van der Waals surface area contributed by atoms with Gasteiger partial charge in [0.15, 0.2) is 11.3 Å². The minimum atomic E-state index is -2.69. The maximum Gasteiger partial charge on any atom is 0.276 e. The highest BCUT2D eigenvalue weighted by molar-refractivity contribution is 5.93. The third kappa shape index (κ3) is 5.05. The van der Waals surface area contributed by atoms with Crippen LogP contribution >= 0.6 is 0 Å². The third-order valence-electron chi connectivity index (χ3n) is 7.81. The summed E-state index contributed by atoms with van der Waals surface area (Å²) >= 11 is 0. The van der Waals surface area contributed by atoms with Crippen molar-refractivity contribution in [2.24, 2.45) is 11.8 Å². The minimum Gasteiger partial charge on any atom is -0.356 e. The molecule has 0 spiro atoms. The molecule has 0 aromatic carbocycles. The number of nitrogens with one attached hydrogen (secondary N) is 2. The van der Waals surface area contributed by atoms with Gasteiger partial charge in [-0.1, -0.05) is 5.16 Å². The molecule has 2 N–H and O–H groups in total. The van der Waals surface area contributed by atoms with Crippen molar-refractivity contribution in [1.82, 2.24) is 35.5 Å². The largest absolute Gasteiger partial charge is 0.356 e. The lowest BCUT2D eigenvalue weighted by Crippen LogP contribution is -2.37. The SMILES string of the molecule is O=C(N[C@H](c1cn2ncc(C[C@H]3CCCNC3=O)cc2n1)C1CCC(F)(F)CC1)c1nonc1C1CC1. The van der Waals surface area contributed by atoms with Gasteiger partial charge in [-0.25, -0.2) is 22.9 Å². The predicted molar refractivity (Wildman–Crippen MR) is 126 cm³/mol. The van der Waals surface area contributed by atoms with Gasteiger partial charge in [-0.05, 0) is 67.7 Å². The Bertz CT molecular complexity index is 1310. The topological polar surface area (TPSA) is 127 Å². The second kappa shape index (κ2) is 9.46. The molecule has 3 fully saturated rings. The average Bonchev–Trinajstić information content (AvgIpc) is 3.44. The van der Waals surface area contributed by atoms with Crippen molar-refractivity contribution in [3.05, 3.63) is 41.1 Å². The molecule has 0 unspecified atom stereocenters. The molecule has 3 aromatic heterocycles. The first-order valence-electron chi connectivity index (χ1n) is 13.0. The molecular weight excluding hydrogens is 484 g/mol. The van der Waals surface area contributed by atoms with Crippen LogP contribution in [0.4, 0.5) is 8.78 Å². The normalized spacial score (nSPS) is 23.1. The van der Waals surface area contributed by atoms with Gasteiger partial charge in [-0.2, -0.15) is 5.10 Å². The van der Waals surface area contributed by atoms with E-state index < -0.39 is 17.9 Å². The second-order valence-electron chi connectivity index (χ2n) is 10.6. The summed E-state index contributed by atoms with van der Waals surface area (Å²) < 4.78 is 34.3. The van der Waals surface area contributed by atoms with Gasteiger partial charge < -0.3 is 10.6 Å². The van der Waals surface area contributed by atoms with E-state index in [-0.39, 0.29) is 55.0 Å². The maximum atomic E-state index is 13.9. The number of fused-ring (bicyclic) bond motifs is 1. The van der Waals surface area contributed by atoms with Crippen LogP contribution in [0, 0.1) is 11.8 Å². The molecule has 37 heavy (non-hydrogen) atoms. The molecule has 0 bridgehead atoms. The van der Waals surface area contributed by atoms with Crippen LogP contribution < -0.4 is 10.6 Å². The number of hydrogen-bond donors (Lipinski definition) is 2. The number of amides is 2. The van der Waals surface area contributed by atoms with E-state index in [0.29, 0.717) is 30.0 Å². The Morgan fingerprint density at radius 3 is 2.78 bits per heavy atom. The van der Waals surface area contributed by atoms with Crippen LogP contribution in [0.3, 0.4) is 0 Å². The number of rotatable bonds is 7. The molecule has 3 aromatic rings. The zero-order valence-electron chi connectivity index (χ0n) is 20.3. The molecule has 6 rings (SSSR count). The number of alkyl halides is 2. The molecular formula is C25H29F2N7O3. The molecule has 2 saturated carbocycles. The predicted octanol–water partition coefficient (Wildman–Crippen LogP) is 3.36. The maximum absolute atomic E-state index is 13.9. The molecule has 12 heteroatoms. The van der Waals surface area contributed by atoms with Crippen molar-refractivity contribution >= 4 is 17.5 Å². The number of hydrogen-bond acceptors (Lipinski definition) is 7. The summed E-state index contributed by atoms with van der Waals surface area (Å²) in [6, 6.07) is 1.29. The zero-order chi connectivity index (χ0) is 25.6. The van der Waals surface area contributed by atoms with Gasteiger partial charge in [-0.15, -0.1) is 0 Å². The lowest BCUT2D eigenvalue weighted by Gasteiger charge is -2.33. The molecule has 0 radical (unpaired) electrons. The van der Waals surface area contributed by atoms with Gasteiger partial charge in [0.2, 0.25) is 11.8 Å². The summed E-state index contributed by atoms with van der Waals surface area (Å²) in [6.07, 6.45) is 7.70. The number of halogens is 2. The fourth-order valence-corrected chi connectivity index (χ4v) is 5.53. The van der Waals surface area contributed by atoms with Crippen molar-refractivity contribution in [3.8, 4) is 0 Å². The van der Waals surface area contributed by atoms with Gasteiger partial charge in [0.05, 0.1) is 24.1 Å². The summed E-state index contributed by atoms with van der Waals surface area (Å²) in [6.45, 7) is 0.711. The van der Waals surface area contributed by atoms with Crippen LogP contribution in [-0.4, -0.2) is 49.2 Å². The van der Waals surface area contributed by atoms with Crippen molar-refractivity contribution in [2.45, 2.75) is 75.7 Å². The summed E-state index contributed by atoms with van der Waals surface area (Å²) in [5.74, 6) is -3.23. The summed E-state index contributed by atoms with van der Waals surface area (Å²) in [5.41, 5.74) is 2.70. The molecule has 1 aliphatic heterocycles. The molecule has 1 saturated heterocycles. The molecule has 4 heterocycles. The second-order valence-corrected chi connectivity index (χ2v) is 10.6. The van der Waals surface area contributed by atoms with Crippen molar-refractivity contribution in [2.75, 3.05) is 6.54 Å². The van der Waals surface area contributed by atoms with Crippen LogP contribution in [0.1, 0.15) is 90.8 Å². The van der Waals surface area contributed by atoms with Gasteiger partial charge in [0, 0.05) is 31.2 Å². The molecule has 2 aliphatic carbocycles. The number of carbonyl (C=O) groups is 2. The minimum absolute atomic E-state index is 0.0555. The van der Waals surface area contributed by atoms with Crippen LogP contribution in [0.2, 0.25) is 0 Å². The van der Waals surface area contributed by atoms with E-state index in [1.165, 1.54) is 0 Å². The Balaban J connectivity index is 1.27. The molecule has 196 valence electrons. The van der Waals surface area contributed by atoms with E-state index in [9.17, 15) is 18.4 Å². The average molecular weight is 514 g/mol. The van der Waals surface area contributed by atoms with Gasteiger partial charge in [-0.3, -0.25) is 9.59 Å². The molecule has 10 nitrogen and oxygen atoms in total. The van der Waals surface area contributed by atoms with Gasteiger partial charge >= 0.3 is 0 Å². The van der Waals surface area contributed by atoms with Crippen molar-refractivity contribution < 1.29 is 23.0 Å². The standard InChI is InChI=1S/C25H29F2N7O3/c26-25(27)7-5-16(6-8-25)20(31-24(36)22-21(15-3-4-15)32-37-33-22)18-13-34-19(30-18)11-14(12-29-34)10-17-2-1-9-28-23(17)35/h11-13,15-17,20H,1-10H2,(H,28,35)(H,31,36)/t17-,20+/m1/s1. The Morgan fingerprint density at radius 1 is 1.22 bits per heavy atom. The van der Waals surface area contributed by atoms with Gasteiger partial charge in [0.1, 0.15) is 5.69 Å². The highest BCUT2D eigenvalue weighted by Crippen LogP contribution is 2.42.